The Kier molecular flexibility index (Phi) is 5.39. The summed E-state index contributed by atoms with van der Waals surface area (Å²) in [6.45, 7) is 0.268. The molecule has 0 aromatic carbocycles. The van der Waals surface area contributed by atoms with Gasteiger partial charge in [-0.3, -0.25) is 14.7 Å². The predicted molar refractivity (Wildman–Crippen MR) is 75.3 cm³/mol. The normalized spacial score (nSPS) is 10.7. The quantitative estimate of drug-likeness (QED) is 0.690. The highest BCUT2D eigenvalue weighted by molar-refractivity contribution is 7.14. The zero-order valence-electron chi connectivity index (χ0n) is 10.9. The number of halogens is 3. The van der Waals surface area contributed by atoms with Crippen molar-refractivity contribution in [2.75, 3.05) is 13.1 Å². The summed E-state index contributed by atoms with van der Waals surface area (Å²) in [6.07, 6.45) is -1.34. The number of rotatable bonds is 6. The smallest absolute Gasteiger partial charge is 0.280 e. The summed E-state index contributed by atoms with van der Waals surface area (Å²) >= 11 is 6.05. The molecule has 11 heteroatoms. The number of aromatic amines is 1. The zero-order valence-corrected chi connectivity index (χ0v) is 12.5. The lowest BCUT2D eigenvalue weighted by Gasteiger charge is -2.04. The fourth-order valence-corrected chi connectivity index (χ4v) is 2.51. The first-order valence-corrected chi connectivity index (χ1v) is 7.18. The van der Waals surface area contributed by atoms with E-state index in [0.29, 0.717) is 17.0 Å². The maximum Gasteiger partial charge on any atom is 0.280 e. The number of nitrogens with zero attached hydrogens (tertiary/aromatic N) is 2. The van der Waals surface area contributed by atoms with E-state index in [0.717, 1.165) is 0 Å². The monoisotopic (exact) mass is 349 g/mol. The number of amides is 2. The Hall–Kier alpha value is -2.07. The first-order valence-electron chi connectivity index (χ1n) is 5.99. The van der Waals surface area contributed by atoms with Crippen LogP contribution in [-0.2, 0) is 0 Å². The number of H-pyrrole nitrogens is 1. The molecule has 0 aliphatic carbocycles. The van der Waals surface area contributed by atoms with Crippen LogP contribution in [0, 0.1) is 0 Å². The van der Waals surface area contributed by atoms with Crippen molar-refractivity contribution in [3.63, 3.8) is 0 Å². The fourth-order valence-electron chi connectivity index (χ4n) is 1.45. The number of carbonyl (C=O) groups excluding carboxylic acids is 2. The standard InChI is InChI=1S/C11H10ClF2N5O2S/c12-7-6(8(13)14)22-11(18-7)10(21)16-4-3-15-9(20)5-1-2-17-19-5/h1-2,8H,3-4H2,(H,15,20)(H,16,21)(H,17,19). The molecule has 0 saturated carbocycles. The third-order valence-corrected chi connectivity index (χ3v) is 3.91. The molecule has 0 atom stereocenters. The average Bonchev–Trinajstić information content (AvgIpc) is 3.12. The van der Waals surface area contributed by atoms with Crippen LogP contribution in [0.25, 0.3) is 0 Å². The van der Waals surface area contributed by atoms with Crippen LogP contribution < -0.4 is 10.6 Å². The van der Waals surface area contributed by atoms with E-state index in [4.69, 9.17) is 11.6 Å². The first-order chi connectivity index (χ1) is 10.5. The summed E-state index contributed by atoms with van der Waals surface area (Å²) in [4.78, 5) is 26.4. The summed E-state index contributed by atoms with van der Waals surface area (Å²) in [6, 6.07) is 1.50. The summed E-state index contributed by atoms with van der Waals surface area (Å²) in [7, 11) is 0. The SMILES string of the molecule is O=C(NCCNC(=O)c1nc(Cl)c(C(F)F)s1)c1ccn[nH]1. The van der Waals surface area contributed by atoms with E-state index >= 15 is 0 Å². The van der Waals surface area contributed by atoms with Gasteiger partial charge in [0.05, 0.1) is 0 Å². The number of carbonyl (C=O) groups is 2. The Labute approximate surface area is 132 Å². The van der Waals surface area contributed by atoms with E-state index in [1.165, 1.54) is 12.3 Å². The number of aromatic nitrogens is 3. The van der Waals surface area contributed by atoms with Gasteiger partial charge in [-0.05, 0) is 6.07 Å². The van der Waals surface area contributed by atoms with Crippen LogP contribution in [0.3, 0.4) is 0 Å². The molecule has 0 saturated heterocycles. The van der Waals surface area contributed by atoms with Crippen molar-refractivity contribution < 1.29 is 18.4 Å². The lowest BCUT2D eigenvalue weighted by Crippen LogP contribution is -2.34. The molecular weight excluding hydrogens is 340 g/mol. The molecule has 118 valence electrons. The third kappa shape index (κ3) is 3.98. The molecule has 2 aromatic heterocycles. The van der Waals surface area contributed by atoms with Crippen LogP contribution in [0.1, 0.15) is 31.6 Å². The van der Waals surface area contributed by atoms with E-state index < -0.39 is 17.2 Å². The van der Waals surface area contributed by atoms with Gasteiger partial charge in [-0.2, -0.15) is 5.10 Å². The molecule has 0 fully saturated rings. The van der Waals surface area contributed by atoms with Crippen molar-refractivity contribution in [3.8, 4) is 0 Å². The van der Waals surface area contributed by atoms with Crippen molar-refractivity contribution >= 4 is 34.8 Å². The largest absolute Gasteiger partial charge is 0.349 e. The van der Waals surface area contributed by atoms with Crippen molar-refractivity contribution in [1.29, 1.82) is 0 Å². The summed E-state index contributed by atoms with van der Waals surface area (Å²) in [5.74, 6) is -1.00. The van der Waals surface area contributed by atoms with Gasteiger partial charge < -0.3 is 10.6 Å². The maximum atomic E-state index is 12.5. The second-order valence-electron chi connectivity index (χ2n) is 3.96. The molecule has 22 heavy (non-hydrogen) atoms. The lowest BCUT2D eigenvalue weighted by molar-refractivity contribution is 0.0925. The zero-order chi connectivity index (χ0) is 16.1. The number of thiazole rings is 1. The molecule has 0 bridgehead atoms. The highest BCUT2D eigenvalue weighted by atomic mass is 35.5. The summed E-state index contributed by atoms with van der Waals surface area (Å²) < 4.78 is 25.1. The van der Waals surface area contributed by atoms with Gasteiger partial charge in [0.2, 0.25) is 0 Å². The Balaban J connectivity index is 1.78. The molecule has 0 unspecified atom stereocenters. The molecule has 0 spiro atoms. The highest BCUT2D eigenvalue weighted by Crippen LogP contribution is 2.32. The summed E-state index contributed by atoms with van der Waals surface area (Å²) in [5, 5.41) is 10.6. The van der Waals surface area contributed by atoms with E-state index in [1.807, 2.05) is 0 Å². The van der Waals surface area contributed by atoms with Crippen LogP contribution in [-0.4, -0.2) is 40.1 Å². The van der Waals surface area contributed by atoms with Crippen LogP contribution in [0.5, 0.6) is 0 Å². The van der Waals surface area contributed by atoms with Gasteiger partial charge in [0.25, 0.3) is 18.2 Å². The molecular formula is C11H10ClF2N5O2S. The van der Waals surface area contributed by atoms with Crippen molar-refractivity contribution in [3.05, 3.63) is 33.0 Å². The second kappa shape index (κ2) is 7.27. The second-order valence-corrected chi connectivity index (χ2v) is 5.35. The Morgan fingerprint density at radius 1 is 1.32 bits per heavy atom. The molecule has 2 heterocycles. The fraction of sp³-hybridized carbons (Fsp3) is 0.273. The maximum absolute atomic E-state index is 12.5. The predicted octanol–water partition coefficient (Wildman–Crippen LogP) is 1.62. The van der Waals surface area contributed by atoms with Gasteiger partial charge in [-0.1, -0.05) is 11.6 Å². The van der Waals surface area contributed by atoms with Gasteiger partial charge in [-0.25, -0.2) is 13.8 Å². The van der Waals surface area contributed by atoms with Gasteiger partial charge >= 0.3 is 0 Å². The number of hydrogen-bond acceptors (Lipinski definition) is 5. The third-order valence-electron chi connectivity index (χ3n) is 2.44. The van der Waals surface area contributed by atoms with Crippen LogP contribution in [0.4, 0.5) is 8.78 Å². The Morgan fingerprint density at radius 3 is 2.55 bits per heavy atom. The van der Waals surface area contributed by atoms with Gasteiger partial charge in [0.1, 0.15) is 15.7 Å². The molecule has 2 aromatic rings. The molecule has 0 aliphatic heterocycles. The topological polar surface area (TPSA) is 99.8 Å². The van der Waals surface area contributed by atoms with Gasteiger partial charge in [-0.15, -0.1) is 11.3 Å². The molecule has 7 nitrogen and oxygen atoms in total. The minimum Gasteiger partial charge on any atom is -0.349 e. The lowest BCUT2D eigenvalue weighted by atomic mass is 10.4. The highest BCUT2D eigenvalue weighted by Gasteiger charge is 2.21. The van der Waals surface area contributed by atoms with E-state index in [1.54, 1.807) is 0 Å². The molecule has 0 aliphatic rings. The molecule has 3 N–H and O–H groups in total. The molecule has 2 rings (SSSR count). The first kappa shape index (κ1) is 16.3. The van der Waals surface area contributed by atoms with Crippen molar-refractivity contribution in [2.45, 2.75) is 6.43 Å². The van der Waals surface area contributed by atoms with Crippen LogP contribution in [0.15, 0.2) is 12.3 Å². The number of hydrogen-bond donors (Lipinski definition) is 3. The van der Waals surface area contributed by atoms with E-state index in [-0.39, 0.29) is 29.2 Å². The van der Waals surface area contributed by atoms with Crippen molar-refractivity contribution in [2.24, 2.45) is 0 Å². The van der Waals surface area contributed by atoms with E-state index in [9.17, 15) is 18.4 Å². The van der Waals surface area contributed by atoms with Gasteiger partial charge in [0, 0.05) is 19.3 Å². The minimum absolute atomic E-state index is 0.111. The minimum atomic E-state index is -2.78. The van der Waals surface area contributed by atoms with Crippen LogP contribution in [0.2, 0.25) is 5.15 Å². The van der Waals surface area contributed by atoms with Crippen LogP contribution >= 0.6 is 22.9 Å². The molecule has 2 amide bonds. The Bertz CT molecular complexity index is 661. The molecule has 0 radical (unpaired) electrons. The summed E-state index contributed by atoms with van der Waals surface area (Å²) in [5.41, 5.74) is 0.291. The number of alkyl halides is 2. The Morgan fingerprint density at radius 2 is 2.00 bits per heavy atom. The van der Waals surface area contributed by atoms with E-state index in [2.05, 4.69) is 25.8 Å². The number of nitrogens with one attached hydrogen (secondary N) is 3. The average molecular weight is 350 g/mol. The van der Waals surface area contributed by atoms with Crippen molar-refractivity contribution in [1.82, 2.24) is 25.8 Å². The van der Waals surface area contributed by atoms with Gasteiger partial charge in [0.15, 0.2) is 5.01 Å².